The number of aromatic nitrogens is 2. The van der Waals surface area contributed by atoms with E-state index in [-0.39, 0.29) is 5.89 Å². The summed E-state index contributed by atoms with van der Waals surface area (Å²) in [5.74, 6) is 0.658. The number of ether oxygens (including phenoxy) is 1. The van der Waals surface area contributed by atoms with Crippen LogP contribution in [0.15, 0.2) is 65.1 Å². The van der Waals surface area contributed by atoms with Crippen LogP contribution in [0.5, 0.6) is 0 Å². The highest BCUT2D eigenvalue weighted by molar-refractivity contribution is 5.68. The molecule has 0 aliphatic rings. The lowest BCUT2D eigenvalue weighted by Crippen LogP contribution is -2.41. The molecule has 3 rings (SSSR count). The molecule has 2 aromatic carbocycles. The molecule has 1 aromatic heterocycles. The largest absolute Gasteiger partial charge is 0.436 e. The predicted octanol–water partition coefficient (Wildman–Crippen LogP) is 4.55. The Morgan fingerprint density at radius 3 is 2.30 bits per heavy atom. The summed E-state index contributed by atoms with van der Waals surface area (Å²) in [6.07, 6.45) is -0.767. The number of hydrogen-bond acceptors (Lipinski definition) is 5. The maximum absolute atomic E-state index is 12.3. The second-order valence-electron chi connectivity index (χ2n) is 7.27. The van der Waals surface area contributed by atoms with Gasteiger partial charge in [0.05, 0.1) is 0 Å². The normalized spacial score (nSPS) is 12.4. The molecule has 1 N–H and O–H groups in total. The highest BCUT2D eigenvalue weighted by atomic mass is 16.6. The van der Waals surface area contributed by atoms with Crippen LogP contribution >= 0.6 is 0 Å². The number of rotatable bonds is 5. The first-order valence-electron chi connectivity index (χ1n) is 8.82. The Labute approximate surface area is 158 Å². The Morgan fingerprint density at radius 1 is 1.04 bits per heavy atom. The average molecular weight is 365 g/mol. The van der Waals surface area contributed by atoms with Crippen molar-refractivity contribution >= 4 is 6.09 Å². The Bertz CT molecular complexity index is 870. The van der Waals surface area contributed by atoms with Crippen LogP contribution in [0.4, 0.5) is 4.79 Å². The van der Waals surface area contributed by atoms with Gasteiger partial charge < -0.3 is 14.5 Å². The van der Waals surface area contributed by atoms with E-state index in [1.54, 1.807) is 0 Å². The predicted molar refractivity (Wildman–Crippen MR) is 102 cm³/mol. The zero-order valence-electron chi connectivity index (χ0n) is 15.7. The van der Waals surface area contributed by atoms with Gasteiger partial charge in [-0.25, -0.2) is 4.79 Å². The minimum absolute atomic E-state index is 0.266. The molecule has 6 heteroatoms. The summed E-state index contributed by atoms with van der Waals surface area (Å²) in [4.78, 5) is 12.3. The standard InChI is InChI=1S/C21H23N3O3/c1-21(2,3)22-20(25)26-17(14-15-10-6-4-7-11-15)19-24-23-18(27-19)16-12-8-5-9-13-16/h4-13,17H,14H2,1-3H3,(H,22,25)/t17-/m0/s1. The topological polar surface area (TPSA) is 77.2 Å². The number of nitrogens with one attached hydrogen (secondary N) is 1. The molecule has 0 unspecified atom stereocenters. The molecule has 140 valence electrons. The monoisotopic (exact) mass is 365 g/mol. The van der Waals surface area contributed by atoms with Gasteiger partial charge in [0, 0.05) is 17.5 Å². The van der Waals surface area contributed by atoms with Gasteiger partial charge >= 0.3 is 6.09 Å². The third kappa shape index (κ3) is 5.41. The highest BCUT2D eigenvalue weighted by Crippen LogP contribution is 2.25. The van der Waals surface area contributed by atoms with Crippen LogP contribution in [-0.2, 0) is 11.2 Å². The minimum Gasteiger partial charge on any atom is -0.436 e. The second kappa shape index (κ2) is 8.03. The molecular weight excluding hydrogens is 342 g/mol. The average Bonchev–Trinajstić information content (AvgIpc) is 3.11. The van der Waals surface area contributed by atoms with Crippen molar-refractivity contribution in [1.82, 2.24) is 15.5 Å². The van der Waals surface area contributed by atoms with E-state index in [4.69, 9.17) is 9.15 Å². The molecule has 0 saturated heterocycles. The molecular formula is C21H23N3O3. The van der Waals surface area contributed by atoms with Crippen molar-refractivity contribution in [2.75, 3.05) is 0 Å². The number of carbonyl (C=O) groups is 1. The summed E-state index contributed by atoms with van der Waals surface area (Å²) in [6.45, 7) is 5.67. The van der Waals surface area contributed by atoms with Gasteiger partial charge in [-0.15, -0.1) is 10.2 Å². The van der Waals surface area contributed by atoms with E-state index in [1.165, 1.54) is 0 Å². The first-order chi connectivity index (χ1) is 12.9. The van der Waals surface area contributed by atoms with Crippen molar-refractivity contribution in [2.45, 2.75) is 38.8 Å². The third-order valence-corrected chi connectivity index (χ3v) is 3.73. The zero-order chi connectivity index (χ0) is 19.3. The Kier molecular flexibility index (Phi) is 5.54. The van der Waals surface area contributed by atoms with E-state index in [1.807, 2.05) is 81.4 Å². The lowest BCUT2D eigenvalue weighted by molar-refractivity contribution is 0.0762. The van der Waals surface area contributed by atoms with Crippen LogP contribution in [0.3, 0.4) is 0 Å². The lowest BCUT2D eigenvalue weighted by Gasteiger charge is -2.22. The van der Waals surface area contributed by atoms with Gasteiger partial charge in [-0.2, -0.15) is 0 Å². The summed E-state index contributed by atoms with van der Waals surface area (Å²) < 4.78 is 11.4. The van der Waals surface area contributed by atoms with Gasteiger partial charge in [0.15, 0.2) is 6.10 Å². The molecule has 1 atom stereocenters. The fourth-order valence-corrected chi connectivity index (χ4v) is 2.53. The molecule has 6 nitrogen and oxygen atoms in total. The molecule has 27 heavy (non-hydrogen) atoms. The van der Waals surface area contributed by atoms with Crippen molar-refractivity contribution in [1.29, 1.82) is 0 Å². The van der Waals surface area contributed by atoms with Gasteiger partial charge in [-0.3, -0.25) is 0 Å². The van der Waals surface area contributed by atoms with E-state index in [9.17, 15) is 4.79 Å². The van der Waals surface area contributed by atoms with Crippen LogP contribution in [0.1, 0.15) is 38.3 Å². The summed E-state index contributed by atoms with van der Waals surface area (Å²) >= 11 is 0. The molecule has 0 fully saturated rings. The highest BCUT2D eigenvalue weighted by Gasteiger charge is 2.26. The van der Waals surface area contributed by atoms with E-state index >= 15 is 0 Å². The molecule has 0 bridgehead atoms. The Hall–Kier alpha value is -3.15. The van der Waals surface area contributed by atoms with E-state index in [2.05, 4.69) is 15.5 Å². The number of hydrogen-bond donors (Lipinski definition) is 1. The van der Waals surface area contributed by atoms with Gasteiger partial charge in [-0.1, -0.05) is 48.5 Å². The Balaban J connectivity index is 1.83. The molecule has 1 heterocycles. The third-order valence-electron chi connectivity index (χ3n) is 3.73. The fraction of sp³-hybridized carbons (Fsp3) is 0.286. The smallest absolute Gasteiger partial charge is 0.408 e. The summed E-state index contributed by atoms with van der Waals surface area (Å²) in [5, 5.41) is 11.0. The van der Waals surface area contributed by atoms with E-state index in [0.717, 1.165) is 11.1 Å². The zero-order valence-corrected chi connectivity index (χ0v) is 15.7. The molecule has 0 aliphatic carbocycles. The number of benzene rings is 2. The van der Waals surface area contributed by atoms with Gasteiger partial charge in [0.2, 0.25) is 5.89 Å². The number of nitrogens with zero attached hydrogens (tertiary/aromatic N) is 2. The van der Waals surface area contributed by atoms with Crippen molar-refractivity contribution in [3.05, 3.63) is 72.1 Å². The summed E-state index contributed by atoms with van der Waals surface area (Å²) in [5.41, 5.74) is 1.41. The van der Waals surface area contributed by atoms with Crippen LogP contribution in [0, 0.1) is 0 Å². The number of amides is 1. The van der Waals surface area contributed by atoms with Gasteiger partial charge in [0.1, 0.15) is 0 Å². The van der Waals surface area contributed by atoms with Crippen molar-refractivity contribution in [3.8, 4) is 11.5 Å². The van der Waals surface area contributed by atoms with Crippen LogP contribution in [-0.4, -0.2) is 21.8 Å². The SMILES string of the molecule is CC(C)(C)NC(=O)O[C@@H](Cc1ccccc1)c1nnc(-c2ccccc2)o1. The molecule has 0 radical (unpaired) electrons. The number of carbonyl (C=O) groups excluding carboxylic acids is 1. The summed E-state index contributed by atoms with van der Waals surface area (Å²) in [6, 6.07) is 19.2. The van der Waals surface area contributed by atoms with Crippen LogP contribution in [0.25, 0.3) is 11.5 Å². The molecule has 0 saturated carbocycles. The maximum atomic E-state index is 12.3. The second-order valence-corrected chi connectivity index (χ2v) is 7.27. The minimum atomic E-state index is -0.681. The van der Waals surface area contributed by atoms with Gasteiger partial charge in [-0.05, 0) is 38.5 Å². The van der Waals surface area contributed by atoms with Crippen LogP contribution in [0.2, 0.25) is 0 Å². The quantitative estimate of drug-likeness (QED) is 0.718. The molecule has 1 amide bonds. The molecule has 3 aromatic rings. The van der Waals surface area contributed by atoms with Crippen molar-refractivity contribution in [3.63, 3.8) is 0 Å². The molecule has 0 spiro atoms. The fourth-order valence-electron chi connectivity index (χ4n) is 2.53. The van der Waals surface area contributed by atoms with Gasteiger partial charge in [0.25, 0.3) is 5.89 Å². The van der Waals surface area contributed by atoms with E-state index in [0.29, 0.717) is 12.3 Å². The van der Waals surface area contributed by atoms with Crippen LogP contribution < -0.4 is 5.32 Å². The molecule has 0 aliphatic heterocycles. The maximum Gasteiger partial charge on any atom is 0.408 e. The first-order valence-corrected chi connectivity index (χ1v) is 8.82. The van der Waals surface area contributed by atoms with E-state index < -0.39 is 17.7 Å². The number of alkyl carbamates (subject to hydrolysis) is 1. The van der Waals surface area contributed by atoms with Crippen molar-refractivity contribution in [2.24, 2.45) is 0 Å². The first kappa shape index (κ1) is 18.6. The Morgan fingerprint density at radius 2 is 1.67 bits per heavy atom. The lowest BCUT2D eigenvalue weighted by atomic mass is 10.1. The summed E-state index contributed by atoms with van der Waals surface area (Å²) in [7, 11) is 0. The van der Waals surface area contributed by atoms with Crippen molar-refractivity contribution < 1.29 is 13.9 Å².